The molecule has 0 radical (unpaired) electrons. The maximum absolute atomic E-state index is 11.4. The second-order valence-electron chi connectivity index (χ2n) is 5.18. The lowest BCUT2D eigenvalue weighted by Crippen LogP contribution is -2.01. The third-order valence-corrected chi connectivity index (χ3v) is 4.03. The number of halogens is 1. The van der Waals surface area contributed by atoms with E-state index in [1.165, 1.54) is 5.57 Å². The summed E-state index contributed by atoms with van der Waals surface area (Å²) < 4.78 is 0. The standard InChI is InChI=1S/C18H16ClNO/c1-12(21)13-6-7-16(17(19)11-13)14-8-9-20-18-5-3-2-4-15(18)10-14/h2-7,10-11,20H,8-9H2,1H3. The van der Waals surface area contributed by atoms with Gasteiger partial charge in [-0.05, 0) is 48.3 Å². The molecule has 1 N–H and O–H groups in total. The lowest BCUT2D eigenvalue weighted by atomic mass is 9.98. The number of carbonyl (C=O) groups excluding carboxylic acids is 1. The van der Waals surface area contributed by atoms with Crippen LogP contribution in [0.15, 0.2) is 42.5 Å². The van der Waals surface area contributed by atoms with E-state index in [4.69, 9.17) is 11.6 Å². The predicted octanol–water partition coefficient (Wildman–Crippen LogP) is 4.90. The summed E-state index contributed by atoms with van der Waals surface area (Å²) in [5.41, 5.74) is 5.14. The summed E-state index contributed by atoms with van der Waals surface area (Å²) in [5, 5.41) is 4.06. The van der Waals surface area contributed by atoms with Crippen LogP contribution >= 0.6 is 11.6 Å². The highest BCUT2D eigenvalue weighted by Gasteiger charge is 2.13. The molecule has 0 bridgehead atoms. The van der Waals surface area contributed by atoms with Crippen LogP contribution in [0.2, 0.25) is 5.02 Å². The molecular weight excluding hydrogens is 282 g/mol. The number of benzene rings is 2. The van der Waals surface area contributed by atoms with Gasteiger partial charge in [-0.25, -0.2) is 0 Å². The first-order valence-corrected chi connectivity index (χ1v) is 7.37. The van der Waals surface area contributed by atoms with E-state index in [2.05, 4.69) is 23.5 Å². The van der Waals surface area contributed by atoms with E-state index in [1.54, 1.807) is 13.0 Å². The van der Waals surface area contributed by atoms with Crippen molar-refractivity contribution < 1.29 is 4.79 Å². The molecular formula is C18H16ClNO. The Balaban J connectivity index is 2.04. The van der Waals surface area contributed by atoms with Crippen molar-refractivity contribution in [1.29, 1.82) is 0 Å². The number of hydrogen-bond donors (Lipinski definition) is 1. The van der Waals surface area contributed by atoms with E-state index in [0.717, 1.165) is 29.8 Å². The van der Waals surface area contributed by atoms with Crippen molar-refractivity contribution >= 4 is 34.7 Å². The van der Waals surface area contributed by atoms with Gasteiger partial charge in [-0.3, -0.25) is 4.79 Å². The Morgan fingerprint density at radius 1 is 1.19 bits per heavy atom. The van der Waals surface area contributed by atoms with Crippen LogP contribution in [0, 0.1) is 0 Å². The topological polar surface area (TPSA) is 29.1 Å². The van der Waals surface area contributed by atoms with Crippen LogP contribution < -0.4 is 5.32 Å². The Kier molecular flexibility index (Phi) is 3.80. The van der Waals surface area contributed by atoms with Crippen molar-refractivity contribution in [3.8, 4) is 0 Å². The van der Waals surface area contributed by atoms with Crippen molar-refractivity contribution in [2.45, 2.75) is 13.3 Å². The Bertz CT molecular complexity index is 734. The maximum atomic E-state index is 11.4. The molecule has 0 saturated carbocycles. The second kappa shape index (κ2) is 5.74. The van der Waals surface area contributed by atoms with Gasteiger partial charge in [0.05, 0.1) is 0 Å². The third kappa shape index (κ3) is 2.86. The average Bonchev–Trinajstić information content (AvgIpc) is 2.69. The van der Waals surface area contributed by atoms with Gasteiger partial charge in [-0.1, -0.05) is 41.9 Å². The molecule has 0 saturated heterocycles. The third-order valence-electron chi connectivity index (χ3n) is 3.72. The summed E-state index contributed by atoms with van der Waals surface area (Å²) >= 11 is 6.37. The minimum Gasteiger partial charge on any atom is -0.384 e. The molecule has 0 amide bonds. The highest BCUT2D eigenvalue weighted by molar-refractivity contribution is 6.33. The van der Waals surface area contributed by atoms with E-state index in [9.17, 15) is 4.79 Å². The molecule has 2 nitrogen and oxygen atoms in total. The average molecular weight is 298 g/mol. The molecule has 1 aliphatic rings. The van der Waals surface area contributed by atoms with Crippen molar-refractivity contribution in [1.82, 2.24) is 0 Å². The molecule has 0 aromatic heterocycles. The maximum Gasteiger partial charge on any atom is 0.159 e. The Labute approximate surface area is 129 Å². The zero-order chi connectivity index (χ0) is 14.8. The molecule has 0 spiro atoms. The number of hydrogen-bond acceptors (Lipinski definition) is 2. The fourth-order valence-electron chi connectivity index (χ4n) is 2.58. The number of fused-ring (bicyclic) bond motifs is 1. The zero-order valence-electron chi connectivity index (χ0n) is 11.8. The number of anilines is 1. The van der Waals surface area contributed by atoms with Crippen LogP contribution in [0.1, 0.15) is 34.8 Å². The molecule has 21 heavy (non-hydrogen) atoms. The van der Waals surface area contributed by atoms with Gasteiger partial charge in [0.25, 0.3) is 0 Å². The number of nitrogens with one attached hydrogen (secondary N) is 1. The normalized spacial score (nSPS) is 13.7. The number of ketones is 1. The largest absolute Gasteiger partial charge is 0.384 e. The van der Waals surface area contributed by atoms with Crippen molar-refractivity contribution in [2.75, 3.05) is 11.9 Å². The lowest BCUT2D eigenvalue weighted by molar-refractivity contribution is 0.101. The SMILES string of the molecule is CC(=O)c1ccc(C2=Cc3ccccc3NCC2)c(Cl)c1. The van der Waals surface area contributed by atoms with E-state index >= 15 is 0 Å². The molecule has 0 fully saturated rings. The second-order valence-corrected chi connectivity index (χ2v) is 5.59. The molecule has 2 aromatic rings. The highest BCUT2D eigenvalue weighted by atomic mass is 35.5. The van der Waals surface area contributed by atoms with Gasteiger partial charge in [-0.2, -0.15) is 0 Å². The molecule has 0 atom stereocenters. The van der Waals surface area contributed by atoms with Gasteiger partial charge in [0.1, 0.15) is 0 Å². The summed E-state index contributed by atoms with van der Waals surface area (Å²) in [6.07, 6.45) is 3.07. The van der Waals surface area contributed by atoms with Crippen LogP contribution in [0.4, 0.5) is 5.69 Å². The summed E-state index contributed by atoms with van der Waals surface area (Å²) in [4.78, 5) is 11.4. The summed E-state index contributed by atoms with van der Waals surface area (Å²) in [6, 6.07) is 13.8. The van der Waals surface area contributed by atoms with Gasteiger partial charge in [0.2, 0.25) is 0 Å². The van der Waals surface area contributed by atoms with Gasteiger partial charge in [0.15, 0.2) is 5.78 Å². The predicted molar refractivity (Wildman–Crippen MR) is 88.9 cm³/mol. The quantitative estimate of drug-likeness (QED) is 0.799. The van der Waals surface area contributed by atoms with Gasteiger partial charge >= 0.3 is 0 Å². The van der Waals surface area contributed by atoms with E-state index in [0.29, 0.717) is 10.6 Å². The molecule has 0 aliphatic carbocycles. The van der Waals surface area contributed by atoms with E-state index in [-0.39, 0.29) is 5.78 Å². The van der Waals surface area contributed by atoms with Gasteiger partial charge < -0.3 is 5.32 Å². The fourth-order valence-corrected chi connectivity index (χ4v) is 2.88. The molecule has 1 heterocycles. The molecule has 3 rings (SSSR count). The highest BCUT2D eigenvalue weighted by Crippen LogP contribution is 2.32. The Morgan fingerprint density at radius 2 is 2.00 bits per heavy atom. The Hall–Kier alpha value is -2.06. The summed E-state index contributed by atoms with van der Waals surface area (Å²) in [5.74, 6) is 0.0327. The lowest BCUT2D eigenvalue weighted by Gasteiger charge is -2.09. The first kappa shape index (κ1) is 13.9. The number of rotatable bonds is 2. The number of para-hydroxylation sites is 1. The van der Waals surface area contributed by atoms with E-state index in [1.807, 2.05) is 24.3 Å². The summed E-state index contributed by atoms with van der Waals surface area (Å²) in [7, 11) is 0. The molecule has 106 valence electrons. The van der Waals surface area contributed by atoms with Crippen LogP contribution in [0.25, 0.3) is 11.6 Å². The number of Topliss-reactive ketones (excluding diaryl/α,β-unsaturated/α-hetero) is 1. The Morgan fingerprint density at radius 3 is 2.76 bits per heavy atom. The molecule has 2 aromatic carbocycles. The number of carbonyl (C=O) groups is 1. The molecule has 0 unspecified atom stereocenters. The smallest absolute Gasteiger partial charge is 0.159 e. The van der Waals surface area contributed by atoms with E-state index < -0.39 is 0 Å². The van der Waals surface area contributed by atoms with Crippen LogP contribution in [0.3, 0.4) is 0 Å². The first-order chi connectivity index (χ1) is 10.1. The van der Waals surface area contributed by atoms with Crippen LogP contribution in [-0.4, -0.2) is 12.3 Å². The van der Waals surface area contributed by atoms with Gasteiger partial charge in [0, 0.05) is 22.8 Å². The molecule has 3 heteroatoms. The van der Waals surface area contributed by atoms with Gasteiger partial charge in [-0.15, -0.1) is 0 Å². The zero-order valence-corrected chi connectivity index (χ0v) is 12.6. The minimum atomic E-state index is 0.0327. The minimum absolute atomic E-state index is 0.0327. The van der Waals surface area contributed by atoms with Crippen molar-refractivity contribution in [3.05, 3.63) is 64.2 Å². The van der Waals surface area contributed by atoms with Crippen LogP contribution in [-0.2, 0) is 0 Å². The summed E-state index contributed by atoms with van der Waals surface area (Å²) in [6.45, 7) is 2.42. The van der Waals surface area contributed by atoms with Crippen LogP contribution in [0.5, 0.6) is 0 Å². The monoisotopic (exact) mass is 297 g/mol. The van der Waals surface area contributed by atoms with Crippen molar-refractivity contribution in [2.24, 2.45) is 0 Å². The molecule has 1 aliphatic heterocycles. The fraction of sp³-hybridized carbons (Fsp3) is 0.167. The first-order valence-electron chi connectivity index (χ1n) is 6.99. The van der Waals surface area contributed by atoms with Crippen molar-refractivity contribution in [3.63, 3.8) is 0 Å².